The summed E-state index contributed by atoms with van der Waals surface area (Å²) in [6.07, 6.45) is 9.17. The number of rotatable bonds is 7. The Bertz CT molecular complexity index is 2880. The molecule has 2 heteroatoms. The van der Waals surface area contributed by atoms with Crippen LogP contribution in [0.3, 0.4) is 0 Å². The molecule has 0 bridgehead atoms. The molecule has 0 radical (unpaired) electrons. The molecular formula is C51H40N2. The van der Waals surface area contributed by atoms with E-state index in [-0.39, 0.29) is 0 Å². The van der Waals surface area contributed by atoms with Crippen molar-refractivity contribution in [2.75, 3.05) is 0 Å². The maximum Gasteiger partial charge on any atom is 0.0541 e. The Kier molecular flexibility index (Phi) is 7.69. The van der Waals surface area contributed by atoms with Crippen LogP contribution in [0, 0.1) is 0 Å². The Labute approximate surface area is 310 Å². The van der Waals surface area contributed by atoms with Crippen molar-refractivity contribution in [2.45, 2.75) is 32.6 Å². The van der Waals surface area contributed by atoms with Gasteiger partial charge in [-0.1, -0.05) is 135 Å². The van der Waals surface area contributed by atoms with Crippen LogP contribution in [0.2, 0.25) is 0 Å². The van der Waals surface area contributed by atoms with E-state index >= 15 is 0 Å². The zero-order chi connectivity index (χ0) is 35.3. The van der Waals surface area contributed by atoms with E-state index in [9.17, 15) is 0 Å². The maximum atomic E-state index is 2.51. The molecule has 254 valence electrons. The fourth-order valence-electron chi connectivity index (χ4n) is 8.56. The first-order valence-electron chi connectivity index (χ1n) is 19.0. The second-order valence-electron chi connectivity index (χ2n) is 14.4. The molecule has 0 amide bonds. The highest BCUT2D eigenvalue weighted by Gasteiger charge is 2.18. The summed E-state index contributed by atoms with van der Waals surface area (Å²) in [6, 6.07) is 60.5. The van der Waals surface area contributed by atoms with Crippen LogP contribution >= 0.6 is 0 Å². The molecule has 2 heterocycles. The Balaban J connectivity index is 1.08. The molecule has 9 aromatic rings. The average molecular weight is 681 g/mol. The molecule has 0 spiro atoms. The standard InChI is InChI=1S/C51H40N2/c1-2-12-35-23-25-37(26-24-35)39-16-11-18-43(32-39)53-49-22-9-7-20-45(49)47-34-41(28-30-51(47)53)40-27-29-50-46(33-40)44-19-6-8-21-48(44)52(50)42-17-10-15-38(31-42)36-13-4-3-5-14-36/h3-10,13-17,19-34H,2,11-12,18H2,1H3. The summed E-state index contributed by atoms with van der Waals surface area (Å²) in [5.41, 5.74) is 16.4. The van der Waals surface area contributed by atoms with Gasteiger partial charge in [-0.2, -0.15) is 0 Å². The molecule has 2 aromatic heterocycles. The molecule has 1 aliphatic rings. The fraction of sp³-hybridized carbons (Fsp3) is 0.0980. The van der Waals surface area contributed by atoms with Gasteiger partial charge in [-0.05, 0) is 113 Å². The SMILES string of the molecule is CCCc1ccc(C2=CCCC(n3c4ccccc4c4cc(-c5ccc6c(c5)c5ccccc5n6-c5cccc(-c6ccccc6)c5)ccc43)=C2)cc1. The lowest BCUT2D eigenvalue weighted by atomic mass is 9.96. The molecule has 0 atom stereocenters. The van der Waals surface area contributed by atoms with Crippen molar-refractivity contribution in [3.8, 4) is 27.9 Å². The first kappa shape index (κ1) is 31.4. The number of fused-ring (bicyclic) bond motifs is 6. The molecular weight excluding hydrogens is 641 g/mol. The van der Waals surface area contributed by atoms with E-state index in [0.717, 1.165) is 19.3 Å². The summed E-state index contributed by atoms with van der Waals surface area (Å²) in [4.78, 5) is 0. The first-order valence-corrected chi connectivity index (χ1v) is 19.0. The third-order valence-corrected chi connectivity index (χ3v) is 11.1. The topological polar surface area (TPSA) is 9.86 Å². The summed E-state index contributed by atoms with van der Waals surface area (Å²) >= 11 is 0. The van der Waals surface area contributed by atoms with Crippen LogP contribution in [0.1, 0.15) is 37.3 Å². The summed E-state index contributed by atoms with van der Waals surface area (Å²) < 4.78 is 4.92. The summed E-state index contributed by atoms with van der Waals surface area (Å²) in [5, 5.41) is 5.11. The smallest absolute Gasteiger partial charge is 0.0541 e. The predicted molar refractivity (Wildman–Crippen MR) is 227 cm³/mol. The lowest BCUT2D eigenvalue weighted by Crippen LogP contribution is -2.01. The minimum Gasteiger partial charge on any atom is -0.313 e. The number of aromatic nitrogens is 2. The highest BCUT2D eigenvalue weighted by atomic mass is 15.0. The summed E-state index contributed by atoms with van der Waals surface area (Å²) in [7, 11) is 0. The first-order chi connectivity index (χ1) is 26.2. The zero-order valence-corrected chi connectivity index (χ0v) is 30.0. The number of hydrogen-bond acceptors (Lipinski definition) is 0. The normalized spacial score (nSPS) is 13.2. The highest BCUT2D eigenvalue weighted by molar-refractivity contribution is 6.13. The van der Waals surface area contributed by atoms with Crippen molar-refractivity contribution in [3.63, 3.8) is 0 Å². The van der Waals surface area contributed by atoms with Gasteiger partial charge in [0, 0.05) is 32.9 Å². The third-order valence-electron chi connectivity index (χ3n) is 11.1. The molecule has 0 aliphatic heterocycles. The van der Waals surface area contributed by atoms with Crippen LogP contribution in [0.4, 0.5) is 0 Å². The Hall–Kier alpha value is -6.38. The Morgan fingerprint density at radius 3 is 1.72 bits per heavy atom. The second-order valence-corrected chi connectivity index (χ2v) is 14.4. The van der Waals surface area contributed by atoms with Crippen molar-refractivity contribution < 1.29 is 0 Å². The lowest BCUT2D eigenvalue weighted by molar-refractivity contribution is 0.921. The third kappa shape index (κ3) is 5.41. The van der Waals surface area contributed by atoms with E-state index in [1.165, 1.54) is 100 Å². The minimum absolute atomic E-state index is 1.02. The highest BCUT2D eigenvalue weighted by Crippen LogP contribution is 2.40. The maximum absolute atomic E-state index is 2.51. The summed E-state index contributed by atoms with van der Waals surface area (Å²) in [6.45, 7) is 2.24. The number of aryl methyl sites for hydroxylation is 1. The van der Waals surface area contributed by atoms with Crippen LogP contribution in [-0.4, -0.2) is 9.13 Å². The van der Waals surface area contributed by atoms with E-state index in [4.69, 9.17) is 0 Å². The molecule has 0 fully saturated rings. The van der Waals surface area contributed by atoms with E-state index in [1.54, 1.807) is 0 Å². The molecule has 53 heavy (non-hydrogen) atoms. The van der Waals surface area contributed by atoms with Crippen LogP contribution in [-0.2, 0) is 6.42 Å². The Morgan fingerprint density at radius 2 is 1.02 bits per heavy atom. The Morgan fingerprint density at radius 1 is 0.453 bits per heavy atom. The molecule has 7 aromatic carbocycles. The summed E-state index contributed by atoms with van der Waals surface area (Å²) in [5.74, 6) is 0. The van der Waals surface area contributed by atoms with Crippen molar-refractivity contribution in [2.24, 2.45) is 0 Å². The average Bonchev–Trinajstić information content (AvgIpc) is 3.74. The van der Waals surface area contributed by atoms with Gasteiger partial charge in [0.05, 0.1) is 22.1 Å². The van der Waals surface area contributed by atoms with Gasteiger partial charge < -0.3 is 9.13 Å². The van der Waals surface area contributed by atoms with Crippen molar-refractivity contribution in [3.05, 3.63) is 187 Å². The van der Waals surface area contributed by atoms with Crippen LogP contribution < -0.4 is 0 Å². The molecule has 10 rings (SSSR count). The number of para-hydroxylation sites is 2. The van der Waals surface area contributed by atoms with E-state index in [2.05, 4.69) is 192 Å². The molecule has 0 unspecified atom stereocenters. The van der Waals surface area contributed by atoms with Gasteiger partial charge in [-0.15, -0.1) is 0 Å². The molecule has 0 saturated carbocycles. The van der Waals surface area contributed by atoms with Crippen LogP contribution in [0.15, 0.2) is 176 Å². The minimum atomic E-state index is 1.02. The quantitative estimate of drug-likeness (QED) is 0.159. The van der Waals surface area contributed by atoms with Gasteiger partial charge in [-0.25, -0.2) is 0 Å². The largest absolute Gasteiger partial charge is 0.313 e. The van der Waals surface area contributed by atoms with Crippen molar-refractivity contribution >= 4 is 54.9 Å². The van der Waals surface area contributed by atoms with E-state index in [1.807, 2.05) is 0 Å². The van der Waals surface area contributed by atoms with Crippen molar-refractivity contribution in [1.29, 1.82) is 0 Å². The number of benzene rings is 7. The van der Waals surface area contributed by atoms with Crippen LogP contribution in [0.5, 0.6) is 0 Å². The second kappa shape index (κ2) is 13.0. The van der Waals surface area contributed by atoms with Gasteiger partial charge >= 0.3 is 0 Å². The number of nitrogens with zero attached hydrogens (tertiary/aromatic N) is 2. The molecule has 0 saturated heterocycles. The van der Waals surface area contributed by atoms with Gasteiger partial charge in [0.2, 0.25) is 0 Å². The van der Waals surface area contributed by atoms with Gasteiger partial charge in [0.25, 0.3) is 0 Å². The number of allylic oxidation sites excluding steroid dienone is 4. The predicted octanol–water partition coefficient (Wildman–Crippen LogP) is 13.9. The van der Waals surface area contributed by atoms with E-state index in [0.29, 0.717) is 0 Å². The van der Waals surface area contributed by atoms with Crippen molar-refractivity contribution in [1.82, 2.24) is 9.13 Å². The number of hydrogen-bond donors (Lipinski definition) is 0. The van der Waals surface area contributed by atoms with Gasteiger partial charge in [0.15, 0.2) is 0 Å². The lowest BCUT2D eigenvalue weighted by Gasteiger charge is -2.18. The fourth-order valence-corrected chi connectivity index (χ4v) is 8.56. The molecule has 0 N–H and O–H groups in total. The van der Waals surface area contributed by atoms with Crippen LogP contribution in [0.25, 0.3) is 82.8 Å². The van der Waals surface area contributed by atoms with Gasteiger partial charge in [-0.3, -0.25) is 0 Å². The molecule has 2 nitrogen and oxygen atoms in total. The van der Waals surface area contributed by atoms with Gasteiger partial charge in [0.1, 0.15) is 0 Å². The molecule has 1 aliphatic carbocycles. The van der Waals surface area contributed by atoms with E-state index < -0.39 is 0 Å². The monoisotopic (exact) mass is 680 g/mol. The zero-order valence-electron chi connectivity index (χ0n) is 30.0.